The highest BCUT2D eigenvalue weighted by molar-refractivity contribution is 6.31. The molecule has 2 aromatic rings. The topological polar surface area (TPSA) is 33.1 Å². The van der Waals surface area contributed by atoms with Gasteiger partial charge in [0.2, 0.25) is 0 Å². The molecule has 0 aliphatic carbocycles. The van der Waals surface area contributed by atoms with Gasteiger partial charge in [-0.1, -0.05) is 29.8 Å². The summed E-state index contributed by atoms with van der Waals surface area (Å²) in [4.78, 5) is 3.94. The van der Waals surface area contributed by atoms with Crippen molar-refractivity contribution in [2.75, 3.05) is 0 Å². The predicted octanol–water partition coefficient (Wildman–Crippen LogP) is 3.63. The quantitative estimate of drug-likeness (QED) is 0.915. The number of rotatable bonds is 3. The lowest BCUT2D eigenvalue weighted by atomic mass is 9.98. The summed E-state index contributed by atoms with van der Waals surface area (Å²) < 4.78 is 0. The third-order valence-corrected chi connectivity index (χ3v) is 3.53. The molecule has 0 radical (unpaired) electrons. The average Bonchev–Trinajstić information content (AvgIpc) is 2.35. The lowest BCUT2D eigenvalue weighted by Gasteiger charge is -2.13. The van der Waals surface area contributed by atoms with Gasteiger partial charge in [0.05, 0.1) is 11.1 Å². The van der Waals surface area contributed by atoms with Crippen molar-refractivity contribution in [3.05, 3.63) is 63.9 Å². The first-order chi connectivity index (χ1) is 8.58. The molecule has 2 rings (SSSR count). The van der Waals surface area contributed by atoms with E-state index in [4.69, 9.17) is 11.6 Å². The van der Waals surface area contributed by atoms with Crippen LogP contribution in [0.25, 0.3) is 0 Å². The van der Waals surface area contributed by atoms with Gasteiger partial charge in [0.25, 0.3) is 0 Å². The van der Waals surface area contributed by atoms with E-state index in [1.165, 1.54) is 11.1 Å². The van der Waals surface area contributed by atoms with Crippen molar-refractivity contribution in [1.82, 2.24) is 4.98 Å². The SMILES string of the molecule is Cc1ccc(C(O)Cc2ccncc2Cl)cc1C. The number of hydrogen-bond donors (Lipinski definition) is 1. The van der Waals surface area contributed by atoms with Crippen molar-refractivity contribution in [3.8, 4) is 0 Å². The van der Waals surface area contributed by atoms with Crippen LogP contribution >= 0.6 is 11.6 Å². The molecule has 0 saturated heterocycles. The van der Waals surface area contributed by atoms with Crippen LogP contribution in [0.1, 0.15) is 28.4 Å². The van der Waals surface area contributed by atoms with Crippen molar-refractivity contribution in [2.24, 2.45) is 0 Å². The van der Waals surface area contributed by atoms with Crippen molar-refractivity contribution in [3.63, 3.8) is 0 Å². The normalized spacial score (nSPS) is 12.4. The molecule has 1 heterocycles. The van der Waals surface area contributed by atoms with E-state index >= 15 is 0 Å². The molecule has 1 atom stereocenters. The zero-order chi connectivity index (χ0) is 13.1. The summed E-state index contributed by atoms with van der Waals surface area (Å²) in [6.45, 7) is 4.11. The lowest BCUT2D eigenvalue weighted by molar-refractivity contribution is 0.178. The second-order valence-corrected chi connectivity index (χ2v) is 4.94. The van der Waals surface area contributed by atoms with Gasteiger partial charge in [-0.2, -0.15) is 0 Å². The van der Waals surface area contributed by atoms with Crippen LogP contribution < -0.4 is 0 Å². The molecule has 18 heavy (non-hydrogen) atoms. The van der Waals surface area contributed by atoms with E-state index in [2.05, 4.69) is 11.9 Å². The monoisotopic (exact) mass is 261 g/mol. The number of aryl methyl sites for hydroxylation is 2. The predicted molar refractivity (Wildman–Crippen MR) is 73.8 cm³/mol. The first-order valence-corrected chi connectivity index (χ1v) is 6.29. The highest BCUT2D eigenvalue weighted by Gasteiger charge is 2.11. The average molecular weight is 262 g/mol. The van der Waals surface area contributed by atoms with E-state index in [-0.39, 0.29) is 0 Å². The minimum atomic E-state index is -0.538. The van der Waals surface area contributed by atoms with Crippen LogP contribution in [0.5, 0.6) is 0 Å². The Labute approximate surface area is 112 Å². The number of nitrogens with zero attached hydrogens (tertiary/aromatic N) is 1. The van der Waals surface area contributed by atoms with Gasteiger partial charge in [0.1, 0.15) is 0 Å². The molecule has 1 aromatic carbocycles. The number of aliphatic hydroxyl groups is 1. The van der Waals surface area contributed by atoms with E-state index < -0.39 is 6.10 Å². The van der Waals surface area contributed by atoms with Crippen molar-refractivity contribution >= 4 is 11.6 Å². The summed E-state index contributed by atoms with van der Waals surface area (Å²) in [5.74, 6) is 0. The summed E-state index contributed by atoms with van der Waals surface area (Å²) in [5.41, 5.74) is 4.25. The van der Waals surface area contributed by atoms with Gasteiger partial charge in [-0.3, -0.25) is 4.98 Å². The minimum Gasteiger partial charge on any atom is -0.388 e. The molecule has 1 aromatic heterocycles. The van der Waals surface area contributed by atoms with Gasteiger partial charge >= 0.3 is 0 Å². The summed E-state index contributed by atoms with van der Waals surface area (Å²) in [6.07, 6.45) is 3.26. The van der Waals surface area contributed by atoms with E-state index in [0.29, 0.717) is 11.4 Å². The summed E-state index contributed by atoms with van der Waals surface area (Å²) in [6, 6.07) is 7.85. The summed E-state index contributed by atoms with van der Waals surface area (Å²) in [5, 5.41) is 10.8. The number of benzene rings is 1. The maximum atomic E-state index is 10.2. The van der Waals surface area contributed by atoms with Crippen LogP contribution in [0.15, 0.2) is 36.7 Å². The van der Waals surface area contributed by atoms with Crippen LogP contribution in [0, 0.1) is 13.8 Å². The maximum absolute atomic E-state index is 10.2. The van der Waals surface area contributed by atoms with Gasteiger partial charge in [-0.05, 0) is 42.2 Å². The Balaban J connectivity index is 2.19. The van der Waals surface area contributed by atoms with Gasteiger partial charge < -0.3 is 5.11 Å². The Hall–Kier alpha value is -1.38. The highest BCUT2D eigenvalue weighted by Crippen LogP contribution is 2.24. The van der Waals surface area contributed by atoms with Crippen LogP contribution in [0.4, 0.5) is 0 Å². The summed E-state index contributed by atoms with van der Waals surface area (Å²) in [7, 11) is 0. The number of pyridine rings is 1. The molecule has 0 bridgehead atoms. The van der Waals surface area contributed by atoms with Crippen LogP contribution in [-0.2, 0) is 6.42 Å². The van der Waals surface area contributed by atoms with E-state index in [1.807, 2.05) is 31.2 Å². The number of halogens is 1. The fourth-order valence-corrected chi connectivity index (χ4v) is 2.06. The Morgan fingerprint density at radius 3 is 2.67 bits per heavy atom. The Kier molecular flexibility index (Phi) is 4.00. The zero-order valence-corrected chi connectivity index (χ0v) is 11.3. The second kappa shape index (κ2) is 5.51. The highest BCUT2D eigenvalue weighted by atomic mass is 35.5. The van der Waals surface area contributed by atoms with Gasteiger partial charge in [-0.15, -0.1) is 0 Å². The molecule has 0 aliphatic heterocycles. The molecule has 0 aliphatic rings. The maximum Gasteiger partial charge on any atom is 0.0831 e. The van der Waals surface area contributed by atoms with Crippen molar-refractivity contribution < 1.29 is 5.11 Å². The summed E-state index contributed by atoms with van der Waals surface area (Å²) >= 11 is 6.04. The fourth-order valence-electron chi connectivity index (χ4n) is 1.87. The van der Waals surface area contributed by atoms with Gasteiger partial charge in [0, 0.05) is 18.8 Å². The van der Waals surface area contributed by atoms with Gasteiger partial charge in [0.15, 0.2) is 0 Å². The Morgan fingerprint density at radius 2 is 2.00 bits per heavy atom. The first kappa shape index (κ1) is 13.1. The largest absolute Gasteiger partial charge is 0.388 e. The molecule has 1 N–H and O–H groups in total. The molecule has 94 valence electrons. The van der Waals surface area contributed by atoms with E-state index in [1.54, 1.807) is 12.4 Å². The zero-order valence-electron chi connectivity index (χ0n) is 10.5. The molecule has 3 heteroatoms. The van der Waals surface area contributed by atoms with Crippen LogP contribution in [-0.4, -0.2) is 10.1 Å². The van der Waals surface area contributed by atoms with Gasteiger partial charge in [-0.25, -0.2) is 0 Å². The van der Waals surface area contributed by atoms with Crippen LogP contribution in [0.3, 0.4) is 0 Å². The van der Waals surface area contributed by atoms with Crippen molar-refractivity contribution in [2.45, 2.75) is 26.4 Å². The standard InChI is InChI=1S/C15H16ClNO/c1-10-3-4-13(7-11(10)2)15(18)8-12-5-6-17-9-14(12)16/h3-7,9,15,18H,8H2,1-2H3. The molecule has 1 unspecified atom stereocenters. The third kappa shape index (κ3) is 2.89. The molecule has 0 amide bonds. The Morgan fingerprint density at radius 1 is 1.22 bits per heavy atom. The Bertz CT molecular complexity index is 554. The van der Waals surface area contributed by atoms with Crippen LogP contribution in [0.2, 0.25) is 5.02 Å². The van der Waals surface area contributed by atoms with E-state index in [0.717, 1.165) is 11.1 Å². The number of hydrogen-bond acceptors (Lipinski definition) is 2. The number of aliphatic hydroxyl groups excluding tert-OH is 1. The molecule has 0 fully saturated rings. The molecule has 0 spiro atoms. The molecule has 0 saturated carbocycles. The molecule has 2 nitrogen and oxygen atoms in total. The fraction of sp³-hybridized carbons (Fsp3) is 0.267. The second-order valence-electron chi connectivity index (χ2n) is 4.53. The third-order valence-electron chi connectivity index (χ3n) is 3.19. The van der Waals surface area contributed by atoms with Crippen molar-refractivity contribution in [1.29, 1.82) is 0 Å². The number of aromatic nitrogens is 1. The smallest absolute Gasteiger partial charge is 0.0831 e. The molecular formula is C15H16ClNO. The molecular weight excluding hydrogens is 246 g/mol. The lowest BCUT2D eigenvalue weighted by Crippen LogP contribution is -2.03. The van der Waals surface area contributed by atoms with E-state index in [9.17, 15) is 5.11 Å². The minimum absolute atomic E-state index is 0.504. The first-order valence-electron chi connectivity index (χ1n) is 5.91.